The number of rotatable bonds is 4. The zero-order valence-electron chi connectivity index (χ0n) is 18.2. The summed E-state index contributed by atoms with van der Waals surface area (Å²) in [5.41, 5.74) is 3.17. The lowest BCUT2D eigenvalue weighted by Gasteiger charge is -2.34. The van der Waals surface area contributed by atoms with E-state index in [-0.39, 0.29) is 5.82 Å². The maximum Gasteiger partial charge on any atom is 0.260 e. The van der Waals surface area contributed by atoms with E-state index in [1.54, 1.807) is 24.3 Å². The topological polar surface area (TPSA) is 69.6 Å². The van der Waals surface area contributed by atoms with E-state index in [1.165, 1.54) is 12.3 Å². The predicted molar refractivity (Wildman–Crippen MR) is 126 cm³/mol. The molecule has 1 aromatic heterocycles. The molecule has 1 fully saturated rings. The molecule has 0 atom stereocenters. The number of imide groups is 1. The molecule has 2 N–H and O–H groups in total. The Labute approximate surface area is 191 Å². The second-order valence-corrected chi connectivity index (χ2v) is 8.26. The summed E-state index contributed by atoms with van der Waals surface area (Å²) in [6.07, 6.45) is 5.29. The van der Waals surface area contributed by atoms with E-state index < -0.39 is 11.8 Å². The summed E-state index contributed by atoms with van der Waals surface area (Å²) in [6.45, 7) is 3.34. The number of amides is 2. The zero-order valence-corrected chi connectivity index (χ0v) is 18.2. The standard InChI is InChI=1S/C25H24FN5O2/c1-29-10-12-31(13-11-29)23-7-4-17(14-22(23)26)27-16-21-20-15-18(30-8-2-3-9-30)5-6-19(20)24(32)28-25(21)33/h2-9,14-16,27H,10-13H2,1H3,(H,28,32,33). The molecule has 0 saturated carbocycles. The second kappa shape index (κ2) is 8.55. The minimum atomic E-state index is -0.501. The van der Waals surface area contributed by atoms with Crippen molar-refractivity contribution >= 4 is 28.8 Å². The van der Waals surface area contributed by atoms with E-state index in [1.807, 2.05) is 40.1 Å². The molecule has 2 aliphatic rings. The number of nitrogens with zero attached hydrogens (tertiary/aromatic N) is 3. The summed E-state index contributed by atoms with van der Waals surface area (Å²) >= 11 is 0. The van der Waals surface area contributed by atoms with Crippen molar-refractivity contribution in [2.75, 3.05) is 43.4 Å². The molecule has 0 aliphatic carbocycles. The van der Waals surface area contributed by atoms with Crippen LogP contribution in [0, 0.1) is 5.82 Å². The Balaban J connectivity index is 1.42. The molecule has 0 unspecified atom stereocenters. The van der Waals surface area contributed by atoms with Crippen molar-refractivity contribution in [1.82, 2.24) is 14.8 Å². The quantitative estimate of drug-likeness (QED) is 0.477. The van der Waals surface area contributed by atoms with Crippen LogP contribution in [0.4, 0.5) is 15.8 Å². The number of nitrogens with one attached hydrogen (secondary N) is 2. The number of aromatic nitrogens is 1. The summed E-state index contributed by atoms with van der Waals surface area (Å²) in [5.74, 6) is -1.26. The van der Waals surface area contributed by atoms with Gasteiger partial charge in [0.1, 0.15) is 5.82 Å². The van der Waals surface area contributed by atoms with Crippen LogP contribution in [-0.2, 0) is 4.79 Å². The summed E-state index contributed by atoms with van der Waals surface area (Å²) in [7, 11) is 2.06. The van der Waals surface area contributed by atoms with Gasteiger partial charge in [0, 0.05) is 67.3 Å². The Morgan fingerprint density at radius 3 is 2.42 bits per heavy atom. The van der Waals surface area contributed by atoms with Gasteiger partial charge in [-0.05, 0) is 55.6 Å². The minimum absolute atomic E-state index is 0.308. The van der Waals surface area contributed by atoms with Crippen molar-refractivity contribution in [3.63, 3.8) is 0 Å². The van der Waals surface area contributed by atoms with Crippen molar-refractivity contribution < 1.29 is 14.0 Å². The van der Waals surface area contributed by atoms with Crippen molar-refractivity contribution in [2.45, 2.75) is 0 Å². The molecule has 7 nitrogen and oxygen atoms in total. The van der Waals surface area contributed by atoms with Crippen molar-refractivity contribution in [2.24, 2.45) is 0 Å². The number of halogens is 1. The first-order valence-electron chi connectivity index (χ1n) is 10.8. The molecule has 2 aromatic carbocycles. The number of piperazine rings is 1. The Morgan fingerprint density at radius 2 is 1.70 bits per heavy atom. The van der Waals surface area contributed by atoms with E-state index in [0.29, 0.717) is 28.1 Å². The normalized spacial score (nSPS) is 17.8. The van der Waals surface area contributed by atoms with E-state index in [4.69, 9.17) is 0 Å². The molecule has 0 radical (unpaired) electrons. The molecule has 3 aromatic rings. The fourth-order valence-electron chi connectivity index (χ4n) is 4.18. The number of hydrogen-bond acceptors (Lipinski definition) is 5. The number of benzene rings is 2. The summed E-state index contributed by atoms with van der Waals surface area (Å²) in [6, 6.07) is 14.1. The third-order valence-electron chi connectivity index (χ3n) is 6.09. The van der Waals surface area contributed by atoms with Gasteiger partial charge in [-0.25, -0.2) is 4.39 Å². The molecule has 33 heavy (non-hydrogen) atoms. The molecular formula is C25H24FN5O2. The van der Waals surface area contributed by atoms with Crippen LogP contribution in [0.25, 0.3) is 11.3 Å². The molecule has 2 amide bonds. The first-order valence-corrected chi connectivity index (χ1v) is 10.8. The first kappa shape index (κ1) is 21.0. The number of carbonyl (C=O) groups excluding carboxylic acids is 2. The highest BCUT2D eigenvalue weighted by atomic mass is 19.1. The smallest absolute Gasteiger partial charge is 0.260 e. The number of anilines is 2. The Hall–Kier alpha value is -3.91. The molecule has 3 heterocycles. The fraction of sp³-hybridized carbons (Fsp3) is 0.200. The molecule has 5 rings (SSSR count). The van der Waals surface area contributed by atoms with Gasteiger partial charge in [-0.15, -0.1) is 0 Å². The minimum Gasteiger partial charge on any atom is -0.367 e. The van der Waals surface area contributed by atoms with Gasteiger partial charge in [-0.3, -0.25) is 14.9 Å². The van der Waals surface area contributed by atoms with Crippen LogP contribution < -0.4 is 15.5 Å². The third-order valence-corrected chi connectivity index (χ3v) is 6.09. The Kier molecular flexibility index (Phi) is 5.43. The molecule has 1 saturated heterocycles. The van der Waals surface area contributed by atoms with E-state index >= 15 is 0 Å². The van der Waals surface area contributed by atoms with Gasteiger partial charge in [0.15, 0.2) is 0 Å². The monoisotopic (exact) mass is 445 g/mol. The van der Waals surface area contributed by atoms with Gasteiger partial charge < -0.3 is 19.7 Å². The van der Waals surface area contributed by atoms with Crippen LogP contribution >= 0.6 is 0 Å². The molecule has 8 heteroatoms. The molecule has 168 valence electrons. The maximum absolute atomic E-state index is 14.8. The molecule has 0 spiro atoms. The lowest BCUT2D eigenvalue weighted by Crippen LogP contribution is -2.44. The van der Waals surface area contributed by atoms with Gasteiger partial charge in [0.2, 0.25) is 0 Å². The summed E-state index contributed by atoms with van der Waals surface area (Å²) < 4.78 is 16.7. The van der Waals surface area contributed by atoms with Crippen LogP contribution in [0.2, 0.25) is 0 Å². The Morgan fingerprint density at radius 1 is 0.939 bits per heavy atom. The van der Waals surface area contributed by atoms with Crippen LogP contribution in [0.5, 0.6) is 0 Å². The highest BCUT2D eigenvalue weighted by Gasteiger charge is 2.27. The van der Waals surface area contributed by atoms with Crippen LogP contribution in [-0.4, -0.2) is 54.5 Å². The number of carbonyl (C=O) groups is 2. The molecular weight excluding hydrogens is 421 g/mol. The largest absolute Gasteiger partial charge is 0.367 e. The van der Waals surface area contributed by atoms with Crippen LogP contribution in [0.3, 0.4) is 0 Å². The highest BCUT2D eigenvalue weighted by Crippen LogP contribution is 2.28. The first-order chi connectivity index (χ1) is 16.0. The highest BCUT2D eigenvalue weighted by molar-refractivity contribution is 6.31. The van der Waals surface area contributed by atoms with E-state index in [2.05, 4.69) is 22.6 Å². The fourth-order valence-corrected chi connectivity index (χ4v) is 4.18. The number of fused-ring (bicyclic) bond motifs is 1. The van der Waals surface area contributed by atoms with Gasteiger partial charge >= 0.3 is 0 Å². The average Bonchev–Trinajstić information content (AvgIpc) is 3.34. The van der Waals surface area contributed by atoms with Crippen LogP contribution in [0.1, 0.15) is 15.9 Å². The van der Waals surface area contributed by atoms with Gasteiger partial charge in [0.05, 0.1) is 11.3 Å². The Bertz CT molecular complexity index is 1240. The predicted octanol–water partition coefficient (Wildman–Crippen LogP) is 3.09. The second-order valence-electron chi connectivity index (χ2n) is 8.26. The number of hydrogen-bond donors (Lipinski definition) is 2. The molecule has 0 bridgehead atoms. The molecule has 2 aliphatic heterocycles. The summed E-state index contributed by atoms with van der Waals surface area (Å²) in [5, 5.41) is 5.39. The lowest BCUT2D eigenvalue weighted by molar-refractivity contribution is -0.114. The lowest BCUT2D eigenvalue weighted by atomic mass is 9.95. The zero-order chi connectivity index (χ0) is 22.9. The van der Waals surface area contributed by atoms with E-state index in [9.17, 15) is 14.0 Å². The van der Waals surface area contributed by atoms with Gasteiger partial charge in [0.25, 0.3) is 11.8 Å². The summed E-state index contributed by atoms with van der Waals surface area (Å²) in [4.78, 5) is 29.2. The van der Waals surface area contributed by atoms with Gasteiger partial charge in [-0.1, -0.05) is 0 Å². The van der Waals surface area contributed by atoms with Gasteiger partial charge in [-0.2, -0.15) is 0 Å². The van der Waals surface area contributed by atoms with Crippen LogP contribution in [0.15, 0.2) is 67.1 Å². The van der Waals surface area contributed by atoms with Crippen molar-refractivity contribution in [3.05, 3.63) is 84.1 Å². The van der Waals surface area contributed by atoms with Crippen molar-refractivity contribution in [1.29, 1.82) is 0 Å². The maximum atomic E-state index is 14.8. The number of likely N-dealkylation sites (N-methyl/N-ethyl adjacent to an activating group) is 1. The van der Waals surface area contributed by atoms with E-state index in [0.717, 1.165) is 31.9 Å². The third kappa shape index (κ3) is 4.12. The van der Waals surface area contributed by atoms with Crippen molar-refractivity contribution in [3.8, 4) is 5.69 Å². The average molecular weight is 445 g/mol. The SMILES string of the molecule is CN1CCN(c2ccc(NC=C3C(=O)NC(=O)c4ccc(-n5cccc5)cc43)cc2F)CC1.